The molecule has 6 heteroatoms. The number of sulfonamides is 1. The van der Waals surface area contributed by atoms with E-state index < -0.39 is 10.0 Å². The van der Waals surface area contributed by atoms with E-state index in [1.165, 1.54) is 10.6 Å². The van der Waals surface area contributed by atoms with Crippen LogP contribution in [-0.2, 0) is 10.0 Å². The SMILES string of the molecule is O=S1(=O)c2ccccc2N=CN1CCCCCCl. The van der Waals surface area contributed by atoms with Crippen LogP contribution in [0.4, 0.5) is 5.69 Å². The molecule has 0 saturated carbocycles. The van der Waals surface area contributed by atoms with Gasteiger partial charge in [0.15, 0.2) is 0 Å². The van der Waals surface area contributed by atoms with Crippen LogP contribution in [0.3, 0.4) is 0 Å². The van der Waals surface area contributed by atoms with Crippen molar-refractivity contribution in [1.82, 2.24) is 4.31 Å². The van der Waals surface area contributed by atoms with Crippen LogP contribution in [0.15, 0.2) is 34.2 Å². The monoisotopic (exact) mass is 286 g/mol. The fourth-order valence-corrected chi connectivity index (χ4v) is 3.43. The average Bonchev–Trinajstić information content (AvgIpc) is 2.37. The van der Waals surface area contributed by atoms with Crippen molar-refractivity contribution >= 4 is 33.7 Å². The van der Waals surface area contributed by atoms with E-state index in [4.69, 9.17) is 11.6 Å². The second kappa shape index (κ2) is 5.71. The lowest BCUT2D eigenvalue weighted by atomic mass is 10.2. The highest BCUT2D eigenvalue weighted by molar-refractivity contribution is 7.89. The molecule has 0 bridgehead atoms. The van der Waals surface area contributed by atoms with Crippen LogP contribution in [0.2, 0.25) is 0 Å². The van der Waals surface area contributed by atoms with Crippen molar-refractivity contribution < 1.29 is 8.42 Å². The molecule has 4 nitrogen and oxygen atoms in total. The summed E-state index contributed by atoms with van der Waals surface area (Å²) in [5.41, 5.74) is 0.509. The van der Waals surface area contributed by atoms with Gasteiger partial charge < -0.3 is 0 Å². The molecular formula is C12H15ClN2O2S. The molecule has 0 aromatic heterocycles. The summed E-state index contributed by atoms with van der Waals surface area (Å²) < 4.78 is 25.9. The summed E-state index contributed by atoms with van der Waals surface area (Å²) in [5, 5.41) is 0. The van der Waals surface area contributed by atoms with E-state index in [1.54, 1.807) is 24.3 Å². The van der Waals surface area contributed by atoms with Gasteiger partial charge in [-0.25, -0.2) is 13.4 Å². The molecule has 0 atom stereocenters. The molecule has 1 heterocycles. The smallest absolute Gasteiger partial charge is 0.256 e. The molecular weight excluding hydrogens is 272 g/mol. The minimum Gasteiger partial charge on any atom is -0.256 e. The zero-order valence-electron chi connectivity index (χ0n) is 9.92. The van der Waals surface area contributed by atoms with Gasteiger partial charge in [-0.3, -0.25) is 4.31 Å². The number of fused-ring (bicyclic) bond motifs is 1. The Labute approximate surface area is 112 Å². The molecule has 2 rings (SSSR count). The highest BCUT2D eigenvalue weighted by Gasteiger charge is 2.27. The highest BCUT2D eigenvalue weighted by Crippen LogP contribution is 2.29. The van der Waals surface area contributed by atoms with Gasteiger partial charge in [0.05, 0.1) is 5.69 Å². The second-order valence-corrected chi connectivity index (χ2v) is 6.31. The molecule has 0 unspecified atom stereocenters. The van der Waals surface area contributed by atoms with E-state index in [2.05, 4.69) is 4.99 Å². The first-order valence-electron chi connectivity index (χ1n) is 5.87. The highest BCUT2D eigenvalue weighted by atomic mass is 35.5. The first-order chi connectivity index (χ1) is 8.66. The molecule has 0 aliphatic carbocycles. The van der Waals surface area contributed by atoms with Gasteiger partial charge in [-0.05, 0) is 25.0 Å². The summed E-state index contributed by atoms with van der Waals surface area (Å²) in [6.45, 7) is 0.455. The molecule has 18 heavy (non-hydrogen) atoms. The van der Waals surface area contributed by atoms with Gasteiger partial charge in [0.1, 0.15) is 11.2 Å². The van der Waals surface area contributed by atoms with E-state index in [0.717, 1.165) is 19.3 Å². The number of halogens is 1. The van der Waals surface area contributed by atoms with Crippen LogP contribution >= 0.6 is 11.6 Å². The van der Waals surface area contributed by atoms with Crippen LogP contribution in [0, 0.1) is 0 Å². The summed E-state index contributed by atoms with van der Waals surface area (Å²) >= 11 is 5.59. The van der Waals surface area contributed by atoms with Crippen molar-refractivity contribution in [3.63, 3.8) is 0 Å². The Hall–Kier alpha value is -1.07. The number of rotatable bonds is 5. The maximum atomic E-state index is 12.3. The fraction of sp³-hybridized carbons (Fsp3) is 0.417. The van der Waals surface area contributed by atoms with Gasteiger partial charge in [-0.1, -0.05) is 18.6 Å². The lowest BCUT2D eigenvalue weighted by Gasteiger charge is -2.23. The van der Waals surface area contributed by atoms with Crippen LogP contribution in [0.5, 0.6) is 0 Å². The summed E-state index contributed by atoms with van der Waals surface area (Å²) in [7, 11) is -3.42. The number of hydrogen-bond acceptors (Lipinski definition) is 3. The van der Waals surface area contributed by atoms with Crippen molar-refractivity contribution in [3.8, 4) is 0 Å². The maximum Gasteiger partial charge on any atom is 0.267 e. The van der Waals surface area contributed by atoms with E-state index in [-0.39, 0.29) is 4.90 Å². The summed E-state index contributed by atoms with van der Waals surface area (Å²) in [5.74, 6) is 0.615. The number of aliphatic imine (C=N–C) groups is 1. The van der Waals surface area contributed by atoms with Crippen LogP contribution < -0.4 is 0 Å². The summed E-state index contributed by atoms with van der Waals surface area (Å²) in [4.78, 5) is 4.45. The number of benzene rings is 1. The maximum absolute atomic E-state index is 12.3. The predicted octanol–water partition coefficient (Wildman–Crippen LogP) is 2.76. The van der Waals surface area contributed by atoms with Crippen LogP contribution in [0.25, 0.3) is 0 Å². The van der Waals surface area contributed by atoms with Gasteiger partial charge in [0, 0.05) is 12.4 Å². The molecule has 0 fully saturated rings. The Morgan fingerprint density at radius 2 is 1.94 bits per heavy atom. The molecule has 1 aromatic rings. The first-order valence-corrected chi connectivity index (χ1v) is 7.85. The first kappa shape index (κ1) is 13.4. The Balaban J connectivity index is 2.13. The summed E-state index contributed by atoms with van der Waals surface area (Å²) in [6, 6.07) is 6.78. The topological polar surface area (TPSA) is 49.7 Å². The minimum atomic E-state index is -3.42. The summed E-state index contributed by atoms with van der Waals surface area (Å²) in [6.07, 6.45) is 4.02. The lowest BCUT2D eigenvalue weighted by molar-refractivity contribution is 0.508. The number of hydrogen-bond donors (Lipinski definition) is 0. The zero-order valence-corrected chi connectivity index (χ0v) is 11.5. The molecule has 98 valence electrons. The normalized spacial score (nSPS) is 16.6. The largest absolute Gasteiger partial charge is 0.267 e. The number of unbranched alkanes of at least 4 members (excludes halogenated alkanes) is 2. The van der Waals surface area contributed by atoms with Gasteiger partial charge in [-0.15, -0.1) is 11.6 Å². The van der Waals surface area contributed by atoms with Crippen molar-refractivity contribution in [1.29, 1.82) is 0 Å². The van der Waals surface area contributed by atoms with E-state index >= 15 is 0 Å². The molecule has 0 saturated heterocycles. The molecule has 0 radical (unpaired) electrons. The third-order valence-electron chi connectivity index (χ3n) is 2.79. The molecule has 0 amide bonds. The number of alkyl halides is 1. The fourth-order valence-electron chi connectivity index (χ4n) is 1.81. The quantitative estimate of drug-likeness (QED) is 0.617. The Morgan fingerprint density at radius 3 is 2.72 bits per heavy atom. The Morgan fingerprint density at radius 1 is 1.17 bits per heavy atom. The number of para-hydroxylation sites is 1. The van der Waals surface area contributed by atoms with Crippen molar-refractivity contribution in [3.05, 3.63) is 24.3 Å². The van der Waals surface area contributed by atoms with E-state index in [0.29, 0.717) is 18.1 Å². The van der Waals surface area contributed by atoms with Crippen molar-refractivity contribution in [2.45, 2.75) is 24.2 Å². The molecule has 0 spiro atoms. The van der Waals surface area contributed by atoms with Crippen molar-refractivity contribution in [2.75, 3.05) is 12.4 Å². The minimum absolute atomic E-state index is 0.282. The molecule has 1 aliphatic heterocycles. The van der Waals surface area contributed by atoms with E-state index in [1.807, 2.05) is 0 Å². The van der Waals surface area contributed by atoms with Gasteiger partial charge in [0.25, 0.3) is 10.0 Å². The second-order valence-electron chi connectivity index (χ2n) is 4.08. The predicted molar refractivity (Wildman–Crippen MR) is 73.1 cm³/mol. The van der Waals surface area contributed by atoms with E-state index in [9.17, 15) is 8.42 Å². The van der Waals surface area contributed by atoms with Crippen molar-refractivity contribution in [2.24, 2.45) is 4.99 Å². The Kier molecular flexibility index (Phi) is 4.24. The van der Waals surface area contributed by atoms with Crippen LogP contribution in [0.1, 0.15) is 19.3 Å². The molecule has 0 N–H and O–H groups in total. The average molecular weight is 287 g/mol. The molecule has 1 aliphatic rings. The number of nitrogens with zero attached hydrogens (tertiary/aromatic N) is 2. The van der Waals surface area contributed by atoms with Gasteiger partial charge >= 0.3 is 0 Å². The lowest BCUT2D eigenvalue weighted by Crippen LogP contribution is -2.32. The van der Waals surface area contributed by atoms with Crippen LogP contribution in [-0.4, -0.2) is 31.5 Å². The van der Waals surface area contributed by atoms with Gasteiger partial charge in [-0.2, -0.15) is 0 Å². The third-order valence-corrected chi connectivity index (χ3v) is 4.85. The Bertz CT molecular complexity index is 543. The molecule has 1 aromatic carbocycles. The standard InChI is InChI=1S/C12H15ClN2O2S/c13-8-4-1-5-9-15-10-14-11-6-2-3-7-12(11)18(15,16)17/h2-3,6-7,10H,1,4-5,8-9H2. The zero-order chi connectivity index (χ0) is 13.0. The van der Waals surface area contributed by atoms with Gasteiger partial charge in [0.2, 0.25) is 0 Å². The third kappa shape index (κ3) is 2.67.